The minimum atomic E-state index is -0.119. The number of rotatable bonds is 5. The summed E-state index contributed by atoms with van der Waals surface area (Å²) >= 11 is 0. The van der Waals surface area contributed by atoms with Crippen molar-refractivity contribution in [3.63, 3.8) is 0 Å². The lowest BCUT2D eigenvalue weighted by molar-refractivity contribution is -0.126. The summed E-state index contributed by atoms with van der Waals surface area (Å²) in [6, 6.07) is 7.44. The summed E-state index contributed by atoms with van der Waals surface area (Å²) in [5.41, 5.74) is 1.22. The lowest BCUT2D eigenvalue weighted by Crippen LogP contribution is -2.45. The second-order valence-electron chi connectivity index (χ2n) is 7.72. The Morgan fingerprint density at radius 2 is 1.77 bits per heavy atom. The summed E-state index contributed by atoms with van der Waals surface area (Å²) in [6.45, 7) is 1.14. The van der Waals surface area contributed by atoms with E-state index >= 15 is 0 Å². The van der Waals surface area contributed by atoms with E-state index < -0.39 is 0 Å². The molecule has 0 bridgehead atoms. The van der Waals surface area contributed by atoms with Gasteiger partial charge in [-0.15, -0.1) is 0 Å². The van der Waals surface area contributed by atoms with E-state index in [2.05, 4.69) is 10.6 Å². The van der Waals surface area contributed by atoms with E-state index in [-0.39, 0.29) is 29.6 Å². The van der Waals surface area contributed by atoms with Crippen LogP contribution >= 0.6 is 0 Å². The Kier molecular flexibility index (Phi) is 4.66. The molecule has 3 fully saturated rings. The van der Waals surface area contributed by atoms with Gasteiger partial charge in [-0.05, 0) is 56.7 Å². The lowest BCUT2D eigenvalue weighted by Gasteiger charge is -2.32. The van der Waals surface area contributed by atoms with E-state index in [0.717, 1.165) is 38.5 Å². The topological polar surface area (TPSA) is 78.5 Å². The van der Waals surface area contributed by atoms with E-state index in [9.17, 15) is 14.4 Å². The summed E-state index contributed by atoms with van der Waals surface area (Å²) in [6.07, 6.45) is 5.71. The fraction of sp³-hybridized carbons (Fsp3) is 0.550. The maximum Gasteiger partial charge on any atom is 0.253 e. The fourth-order valence-corrected chi connectivity index (χ4v) is 3.42. The largest absolute Gasteiger partial charge is 0.353 e. The number of anilines is 1. The molecule has 1 heterocycles. The molecule has 26 heavy (non-hydrogen) atoms. The molecule has 0 radical (unpaired) electrons. The molecule has 0 aromatic heterocycles. The van der Waals surface area contributed by atoms with Crippen molar-refractivity contribution < 1.29 is 14.4 Å². The Balaban J connectivity index is 1.39. The maximum absolute atomic E-state index is 12.9. The Labute approximate surface area is 153 Å². The molecule has 0 spiro atoms. The molecule has 1 aromatic rings. The van der Waals surface area contributed by atoms with Crippen LogP contribution < -0.4 is 10.6 Å². The zero-order valence-corrected chi connectivity index (χ0v) is 14.9. The number of carbonyl (C=O) groups excluding carboxylic acids is 3. The smallest absolute Gasteiger partial charge is 0.253 e. The average Bonchev–Trinajstić information content (AvgIpc) is 3.55. The number of piperidine rings is 1. The molecule has 2 saturated carbocycles. The van der Waals surface area contributed by atoms with Gasteiger partial charge in [0, 0.05) is 36.3 Å². The number of hydrogen-bond acceptors (Lipinski definition) is 3. The van der Waals surface area contributed by atoms with Gasteiger partial charge in [-0.2, -0.15) is 0 Å². The fourth-order valence-electron chi connectivity index (χ4n) is 3.42. The molecular weight excluding hydrogens is 330 g/mol. The third-order valence-electron chi connectivity index (χ3n) is 5.33. The molecule has 2 aliphatic carbocycles. The predicted octanol–water partition coefficient (Wildman–Crippen LogP) is 2.17. The van der Waals surface area contributed by atoms with Crippen LogP contribution in [0.2, 0.25) is 0 Å². The van der Waals surface area contributed by atoms with Crippen molar-refractivity contribution >= 4 is 23.4 Å². The van der Waals surface area contributed by atoms with Crippen molar-refractivity contribution in [2.45, 2.75) is 44.6 Å². The van der Waals surface area contributed by atoms with Gasteiger partial charge in [0.15, 0.2) is 0 Å². The summed E-state index contributed by atoms with van der Waals surface area (Å²) in [5.74, 6) is 0.0458. The van der Waals surface area contributed by atoms with Gasteiger partial charge in [0.1, 0.15) is 0 Å². The van der Waals surface area contributed by atoms with Crippen LogP contribution in [-0.2, 0) is 9.59 Å². The molecule has 6 nitrogen and oxygen atoms in total. The van der Waals surface area contributed by atoms with Crippen molar-refractivity contribution in [1.29, 1.82) is 0 Å². The minimum absolute atomic E-state index is 0.0318. The van der Waals surface area contributed by atoms with Gasteiger partial charge in [0.2, 0.25) is 11.8 Å². The minimum Gasteiger partial charge on any atom is -0.353 e. The van der Waals surface area contributed by atoms with E-state index in [0.29, 0.717) is 30.4 Å². The maximum atomic E-state index is 12.9. The molecule has 138 valence electrons. The molecule has 1 aromatic carbocycles. The summed E-state index contributed by atoms with van der Waals surface area (Å²) in [5, 5.41) is 5.93. The standard InChI is InChI=1S/C20H25N3O3/c24-18(13-6-7-13)22-17-5-1-3-14(11-17)20(26)23-10-2-4-15(12-23)19(25)21-16-8-9-16/h1,3,5,11,13,15-16H,2,4,6-10,12H2,(H,21,25)(H,22,24). The van der Waals surface area contributed by atoms with Gasteiger partial charge in [0.25, 0.3) is 5.91 Å². The van der Waals surface area contributed by atoms with Crippen LogP contribution in [0.3, 0.4) is 0 Å². The first-order chi connectivity index (χ1) is 12.6. The molecule has 1 saturated heterocycles. The zero-order chi connectivity index (χ0) is 18.1. The highest BCUT2D eigenvalue weighted by molar-refractivity contribution is 5.98. The van der Waals surface area contributed by atoms with Crippen LogP contribution in [0.25, 0.3) is 0 Å². The van der Waals surface area contributed by atoms with Crippen molar-refractivity contribution in [3.05, 3.63) is 29.8 Å². The molecule has 1 atom stereocenters. The second kappa shape index (κ2) is 7.09. The van der Waals surface area contributed by atoms with Crippen molar-refractivity contribution in [3.8, 4) is 0 Å². The highest BCUT2D eigenvalue weighted by Gasteiger charge is 2.32. The number of nitrogens with zero attached hydrogens (tertiary/aromatic N) is 1. The van der Waals surface area contributed by atoms with E-state index in [1.54, 1.807) is 29.2 Å². The Morgan fingerprint density at radius 3 is 2.50 bits per heavy atom. The Bertz CT molecular complexity index is 725. The van der Waals surface area contributed by atoms with E-state index in [1.807, 2.05) is 0 Å². The number of hydrogen-bond donors (Lipinski definition) is 2. The monoisotopic (exact) mass is 355 g/mol. The van der Waals surface area contributed by atoms with Crippen LogP contribution in [0.15, 0.2) is 24.3 Å². The van der Waals surface area contributed by atoms with Gasteiger partial charge in [-0.3, -0.25) is 14.4 Å². The van der Waals surface area contributed by atoms with Crippen molar-refractivity contribution in [1.82, 2.24) is 10.2 Å². The van der Waals surface area contributed by atoms with E-state index in [1.165, 1.54) is 0 Å². The number of benzene rings is 1. The van der Waals surface area contributed by atoms with Gasteiger partial charge in [0.05, 0.1) is 5.92 Å². The lowest BCUT2D eigenvalue weighted by atomic mass is 9.96. The number of likely N-dealkylation sites (tertiary alicyclic amines) is 1. The van der Waals surface area contributed by atoms with Gasteiger partial charge >= 0.3 is 0 Å². The first-order valence-corrected chi connectivity index (χ1v) is 9.61. The second-order valence-corrected chi connectivity index (χ2v) is 7.72. The van der Waals surface area contributed by atoms with Gasteiger partial charge in [-0.1, -0.05) is 6.07 Å². The molecule has 6 heteroatoms. The molecule has 1 aliphatic heterocycles. The highest BCUT2D eigenvalue weighted by Crippen LogP contribution is 2.30. The molecule has 4 rings (SSSR count). The summed E-state index contributed by atoms with van der Waals surface area (Å²) in [4.78, 5) is 38.9. The summed E-state index contributed by atoms with van der Waals surface area (Å²) in [7, 11) is 0. The SMILES string of the molecule is O=C(Nc1cccc(C(=O)N2CCCC(C(=O)NC3CC3)C2)c1)C1CC1. The van der Waals surface area contributed by atoms with Crippen LogP contribution in [0.1, 0.15) is 48.9 Å². The number of nitrogens with one attached hydrogen (secondary N) is 2. The van der Waals surface area contributed by atoms with Gasteiger partial charge < -0.3 is 15.5 Å². The third-order valence-corrected chi connectivity index (χ3v) is 5.33. The normalized spacial score (nSPS) is 22.6. The Hall–Kier alpha value is -2.37. The van der Waals surface area contributed by atoms with Gasteiger partial charge in [-0.25, -0.2) is 0 Å². The predicted molar refractivity (Wildman–Crippen MR) is 97.6 cm³/mol. The van der Waals surface area contributed by atoms with Crippen LogP contribution in [0, 0.1) is 11.8 Å². The van der Waals surface area contributed by atoms with E-state index in [4.69, 9.17) is 0 Å². The third kappa shape index (κ3) is 4.06. The number of amides is 3. The summed E-state index contributed by atoms with van der Waals surface area (Å²) < 4.78 is 0. The highest BCUT2D eigenvalue weighted by atomic mass is 16.2. The number of carbonyl (C=O) groups is 3. The molecule has 2 N–H and O–H groups in total. The average molecular weight is 355 g/mol. The molecule has 3 amide bonds. The van der Waals surface area contributed by atoms with Crippen molar-refractivity contribution in [2.75, 3.05) is 18.4 Å². The zero-order valence-electron chi connectivity index (χ0n) is 14.9. The molecular formula is C20H25N3O3. The first-order valence-electron chi connectivity index (χ1n) is 9.61. The van der Waals surface area contributed by atoms with Crippen LogP contribution in [0.4, 0.5) is 5.69 Å². The van der Waals surface area contributed by atoms with Crippen molar-refractivity contribution in [2.24, 2.45) is 11.8 Å². The first kappa shape index (κ1) is 17.1. The molecule has 1 unspecified atom stereocenters. The quantitative estimate of drug-likeness (QED) is 0.850. The Morgan fingerprint density at radius 1 is 0.962 bits per heavy atom. The van der Waals surface area contributed by atoms with Crippen LogP contribution in [0.5, 0.6) is 0 Å². The van der Waals surface area contributed by atoms with Crippen LogP contribution in [-0.4, -0.2) is 41.8 Å². The molecule has 3 aliphatic rings.